The molecule has 0 unspecified atom stereocenters. The zero-order valence-corrected chi connectivity index (χ0v) is 20.3. The molecule has 32 heavy (non-hydrogen) atoms. The van der Waals surface area contributed by atoms with Gasteiger partial charge in [-0.1, -0.05) is 32.0 Å². The Morgan fingerprint density at radius 1 is 1.09 bits per heavy atom. The number of nitrogens with one attached hydrogen (secondary N) is 1. The lowest BCUT2D eigenvalue weighted by Crippen LogP contribution is -2.37. The van der Waals surface area contributed by atoms with Crippen LogP contribution in [0.1, 0.15) is 20.3 Å². The van der Waals surface area contributed by atoms with Gasteiger partial charge in [0.2, 0.25) is 15.9 Å². The SMILES string of the molecule is CCN(CC)S(=O)(=O)c1ccc(N2CCOCC2)c(NC(=O)CCSc2ccccc2)c1. The fourth-order valence-electron chi connectivity index (χ4n) is 3.56. The van der Waals surface area contributed by atoms with Crippen LogP contribution in [-0.2, 0) is 19.6 Å². The van der Waals surface area contributed by atoms with Crippen molar-refractivity contribution in [3.63, 3.8) is 0 Å². The van der Waals surface area contributed by atoms with Crippen molar-refractivity contribution in [3.05, 3.63) is 48.5 Å². The van der Waals surface area contributed by atoms with E-state index in [1.54, 1.807) is 30.0 Å². The number of carbonyl (C=O) groups is 1. The average Bonchev–Trinajstić information content (AvgIpc) is 2.81. The fraction of sp³-hybridized carbons (Fsp3) is 0.435. The molecule has 1 aliphatic heterocycles. The minimum Gasteiger partial charge on any atom is -0.378 e. The van der Waals surface area contributed by atoms with Gasteiger partial charge in [0, 0.05) is 43.2 Å². The van der Waals surface area contributed by atoms with Crippen molar-refractivity contribution in [2.75, 3.05) is 55.4 Å². The minimum atomic E-state index is -3.63. The van der Waals surface area contributed by atoms with Crippen LogP contribution in [-0.4, -0.2) is 63.8 Å². The molecule has 1 amide bonds. The van der Waals surface area contributed by atoms with Gasteiger partial charge in [0.15, 0.2) is 0 Å². The molecule has 1 aliphatic rings. The Bertz CT molecular complexity index is 990. The van der Waals surface area contributed by atoms with Crippen molar-refractivity contribution in [1.82, 2.24) is 4.31 Å². The van der Waals surface area contributed by atoms with Gasteiger partial charge in [0.25, 0.3) is 0 Å². The van der Waals surface area contributed by atoms with Gasteiger partial charge in [-0.3, -0.25) is 4.79 Å². The molecule has 1 saturated heterocycles. The standard InChI is InChI=1S/C23H31N3O4S2/c1-3-26(4-2)32(28,29)20-10-11-22(25-13-15-30-16-14-25)21(18-20)24-23(27)12-17-31-19-8-6-5-7-9-19/h5-11,18H,3-4,12-17H2,1-2H3,(H,24,27). The highest BCUT2D eigenvalue weighted by Crippen LogP contribution is 2.31. The summed E-state index contributed by atoms with van der Waals surface area (Å²) in [6.45, 7) is 6.99. The second-order valence-electron chi connectivity index (χ2n) is 7.33. The summed E-state index contributed by atoms with van der Waals surface area (Å²) in [5.41, 5.74) is 1.34. The van der Waals surface area contributed by atoms with Gasteiger partial charge in [0.1, 0.15) is 0 Å². The first-order chi connectivity index (χ1) is 15.5. The molecule has 0 saturated carbocycles. The number of amides is 1. The normalized spacial score (nSPS) is 14.5. The van der Waals surface area contributed by atoms with Gasteiger partial charge in [-0.15, -0.1) is 11.8 Å². The summed E-state index contributed by atoms with van der Waals surface area (Å²) in [6, 6.07) is 14.9. The molecule has 7 nitrogen and oxygen atoms in total. The van der Waals surface area contributed by atoms with Gasteiger partial charge < -0.3 is 15.0 Å². The molecule has 0 bridgehead atoms. The summed E-state index contributed by atoms with van der Waals surface area (Å²) < 4.78 is 32.9. The number of hydrogen-bond acceptors (Lipinski definition) is 6. The van der Waals surface area contributed by atoms with Crippen molar-refractivity contribution in [2.24, 2.45) is 0 Å². The molecular weight excluding hydrogens is 446 g/mol. The van der Waals surface area contributed by atoms with E-state index in [0.717, 1.165) is 10.6 Å². The summed E-state index contributed by atoms with van der Waals surface area (Å²) in [7, 11) is -3.63. The van der Waals surface area contributed by atoms with Crippen molar-refractivity contribution in [2.45, 2.75) is 30.1 Å². The molecule has 174 valence electrons. The Labute approximate surface area is 195 Å². The van der Waals surface area contributed by atoms with Gasteiger partial charge in [0.05, 0.1) is 29.5 Å². The monoisotopic (exact) mass is 477 g/mol. The summed E-state index contributed by atoms with van der Waals surface area (Å²) >= 11 is 1.62. The fourth-order valence-corrected chi connectivity index (χ4v) is 5.92. The largest absolute Gasteiger partial charge is 0.378 e. The first-order valence-corrected chi connectivity index (χ1v) is 13.3. The Hall–Kier alpha value is -2.07. The Kier molecular flexibility index (Phi) is 8.98. The molecule has 3 rings (SSSR count). The van der Waals surface area contributed by atoms with Gasteiger partial charge in [-0.2, -0.15) is 4.31 Å². The number of morpholine rings is 1. The average molecular weight is 478 g/mol. The third-order valence-corrected chi connectivity index (χ3v) is 8.34. The number of benzene rings is 2. The van der Waals surface area contributed by atoms with Crippen molar-refractivity contribution in [3.8, 4) is 0 Å². The number of ether oxygens (including phenoxy) is 1. The molecule has 9 heteroatoms. The molecule has 0 radical (unpaired) electrons. The highest BCUT2D eigenvalue weighted by atomic mass is 32.2. The van der Waals surface area contributed by atoms with E-state index in [1.165, 1.54) is 4.31 Å². The second-order valence-corrected chi connectivity index (χ2v) is 10.4. The van der Waals surface area contributed by atoms with E-state index in [9.17, 15) is 13.2 Å². The number of nitrogens with zero attached hydrogens (tertiary/aromatic N) is 2. The summed E-state index contributed by atoms with van der Waals surface area (Å²) in [4.78, 5) is 16.1. The van der Waals surface area contributed by atoms with E-state index >= 15 is 0 Å². The summed E-state index contributed by atoms with van der Waals surface area (Å²) in [6.07, 6.45) is 0.329. The van der Waals surface area contributed by atoms with E-state index in [1.807, 2.05) is 44.2 Å². The van der Waals surface area contributed by atoms with Crippen molar-refractivity contribution >= 4 is 39.1 Å². The maximum atomic E-state index is 13.0. The molecule has 0 spiro atoms. The van der Waals surface area contributed by atoms with Crippen LogP contribution in [0.4, 0.5) is 11.4 Å². The molecule has 0 aliphatic carbocycles. The Balaban J connectivity index is 1.79. The lowest BCUT2D eigenvalue weighted by Gasteiger charge is -2.31. The maximum absolute atomic E-state index is 13.0. The Morgan fingerprint density at radius 3 is 2.44 bits per heavy atom. The van der Waals surface area contributed by atoms with Crippen LogP contribution in [0, 0.1) is 0 Å². The topological polar surface area (TPSA) is 79.0 Å². The molecule has 0 atom stereocenters. The number of anilines is 2. The number of rotatable bonds is 10. The van der Waals surface area contributed by atoms with Crippen LogP contribution in [0.15, 0.2) is 58.3 Å². The van der Waals surface area contributed by atoms with Crippen molar-refractivity contribution in [1.29, 1.82) is 0 Å². The highest BCUT2D eigenvalue weighted by Gasteiger charge is 2.24. The third-order valence-electron chi connectivity index (χ3n) is 5.28. The van der Waals surface area contributed by atoms with Gasteiger partial charge in [-0.25, -0.2) is 8.42 Å². The molecule has 2 aromatic rings. The molecule has 2 aromatic carbocycles. The lowest BCUT2D eigenvalue weighted by molar-refractivity contribution is -0.115. The van der Waals surface area contributed by atoms with Crippen LogP contribution in [0.25, 0.3) is 0 Å². The minimum absolute atomic E-state index is 0.139. The number of sulfonamides is 1. The van der Waals surface area contributed by atoms with Crippen molar-refractivity contribution < 1.29 is 17.9 Å². The van der Waals surface area contributed by atoms with E-state index in [4.69, 9.17) is 4.74 Å². The zero-order chi connectivity index (χ0) is 23.0. The highest BCUT2D eigenvalue weighted by molar-refractivity contribution is 7.99. The van der Waals surface area contributed by atoms with Crippen LogP contribution in [0.3, 0.4) is 0 Å². The third kappa shape index (κ3) is 6.25. The van der Waals surface area contributed by atoms with Crippen LogP contribution in [0.5, 0.6) is 0 Å². The molecular formula is C23H31N3O4S2. The molecule has 1 fully saturated rings. The number of carbonyl (C=O) groups excluding carboxylic acids is 1. The zero-order valence-electron chi connectivity index (χ0n) is 18.6. The second kappa shape index (κ2) is 11.7. The van der Waals surface area contributed by atoms with Gasteiger partial charge >= 0.3 is 0 Å². The predicted molar refractivity (Wildman–Crippen MR) is 130 cm³/mol. The molecule has 1 heterocycles. The van der Waals surface area contributed by atoms with E-state index < -0.39 is 10.0 Å². The van der Waals surface area contributed by atoms with Gasteiger partial charge in [-0.05, 0) is 30.3 Å². The first-order valence-electron chi connectivity index (χ1n) is 10.9. The van der Waals surface area contributed by atoms with Crippen LogP contribution < -0.4 is 10.2 Å². The Morgan fingerprint density at radius 2 is 1.78 bits per heavy atom. The first kappa shape index (κ1) is 24.6. The summed E-state index contributed by atoms with van der Waals surface area (Å²) in [5.74, 6) is 0.500. The maximum Gasteiger partial charge on any atom is 0.243 e. The van der Waals surface area contributed by atoms with E-state index in [2.05, 4.69) is 10.2 Å². The lowest BCUT2D eigenvalue weighted by atomic mass is 10.2. The van der Waals surface area contributed by atoms with Crippen LogP contribution >= 0.6 is 11.8 Å². The van der Waals surface area contributed by atoms with E-state index in [0.29, 0.717) is 57.3 Å². The quantitative estimate of drug-likeness (QED) is 0.526. The number of thioether (sulfide) groups is 1. The number of hydrogen-bond donors (Lipinski definition) is 1. The molecule has 1 N–H and O–H groups in total. The smallest absolute Gasteiger partial charge is 0.243 e. The predicted octanol–water partition coefficient (Wildman–Crippen LogP) is 3.67. The van der Waals surface area contributed by atoms with Crippen LogP contribution in [0.2, 0.25) is 0 Å². The molecule has 0 aromatic heterocycles. The summed E-state index contributed by atoms with van der Waals surface area (Å²) in [5, 5.41) is 2.96. The van der Waals surface area contributed by atoms with E-state index in [-0.39, 0.29) is 10.8 Å².